The molecule has 4 aromatic carbocycles. The number of anilines is 4. The molecule has 4 amide bonds. The topological polar surface area (TPSA) is 179 Å². The number of H-pyrrole nitrogens is 1. The summed E-state index contributed by atoms with van der Waals surface area (Å²) in [5.74, 6) is 0.401. The zero-order valence-corrected chi connectivity index (χ0v) is 50.4. The maximum absolute atomic E-state index is 13.6. The third-order valence-corrected chi connectivity index (χ3v) is 20.3. The summed E-state index contributed by atoms with van der Waals surface area (Å²) in [6.45, 7) is 13.6. The summed E-state index contributed by atoms with van der Waals surface area (Å²) < 4.78 is 35.1. The Hall–Kier alpha value is -5.90. The number of halogens is 2. The standard InChI is InChI=1S/C61H69ClIN11O6S2/c62-47-11-7-44(8-12-47)54-21-24-61(63,43-71-30-34-73(35-31-71)51-17-20-56-55(39-51)58(67-66-56)74-27-23-57(75)65-60(74)77)40-46(54)41-70-28-32-72(33-29-70)50-15-9-45(10-16-50)59(76)68-82(78,79)53-18-13-48(14-19-53)64-49(42-81-52-5-2-1-3-6-52)22-26-69-25-4-37-80-38-36-69/h2,5-20,39,49,64H,4,21-38,40-43H2,(H,66,67)(H,68,76)(H,65,75,77)/t49-,61+/m1/s1. The van der Waals surface area contributed by atoms with E-state index >= 15 is 0 Å². The molecule has 17 nitrogen and oxygen atoms in total. The number of rotatable bonds is 19. The van der Waals surface area contributed by atoms with E-state index in [0.29, 0.717) is 12.4 Å². The summed E-state index contributed by atoms with van der Waals surface area (Å²) in [5.41, 5.74) is 14.1. The van der Waals surface area contributed by atoms with Gasteiger partial charge in [0.25, 0.3) is 15.9 Å². The van der Waals surface area contributed by atoms with Crippen LogP contribution >= 0.6 is 46.0 Å². The molecule has 4 aliphatic heterocycles. The van der Waals surface area contributed by atoms with Gasteiger partial charge in [0, 0.05) is 164 Å². The molecule has 21 heteroatoms. The van der Waals surface area contributed by atoms with Gasteiger partial charge in [-0.2, -0.15) is 5.10 Å². The van der Waals surface area contributed by atoms with Crippen LogP contribution in [0.2, 0.25) is 5.02 Å². The van der Waals surface area contributed by atoms with Crippen molar-refractivity contribution in [3.05, 3.63) is 147 Å². The molecule has 0 saturated carbocycles. The third-order valence-electron chi connectivity index (χ3n) is 16.3. The largest absolute Gasteiger partial charge is 0.381 e. The summed E-state index contributed by atoms with van der Waals surface area (Å²) in [7, 11) is -4.14. The number of alkyl halides is 1. The number of nitrogens with one attached hydrogen (secondary N) is 4. The van der Waals surface area contributed by atoms with Crippen LogP contribution in [0.25, 0.3) is 16.5 Å². The Morgan fingerprint density at radius 3 is 2.32 bits per heavy atom. The number of amides is 4. The van der Waals surface area contributed by atoms with Gasteiger partial charge >= 0.3 is 6.03 Å². The zero-order valence-electron chi connectivity index (χ0n) is 45.9. The molecule has 5 heterocycles. The van der Waals surface area contributed by atoms with Crippen molar-refractivity contribution < 1.29 is 27.5 Å². The number of fused-ring (bicyclic) bond motifs is 1. The molecule has 2 atom stereocenters. The molecule has 4 saturated heterocycles. The molecule has 0 bridgehead atoms. The Kier molecular flexibility index (Phi) is 18.6. The van der Waals surface area contributed by atoms with E-state index < -0.39 is 22.0 Å². The normalized spacial score (nSPS) is 21.0. The van der Waals surface area contributed by atoms with Crippen molar-refractivity contribution in [3.8, 4) is 0 Å². The van der Waals surface area contributed by atoms with E-state index in [1.807, 2.05) is 48.6 Å². The number of carbonyl (C=O) groups excluding carboxylic acids is 3. The highest BCUT2D eigenvalue weighted by atomic mass is 127. The third kappa shape index (κ3) is 14.5. The number of benzene rings is 4. The van der Waals surface area contributed by atoms with E-state index in [1.165, 1.54) is 21.6 Å². The van der Waals surface area contributed by atoms with Crippen LogP contribution in [0.1, 0.15) is 54.4 Å². The lowest BCUT2D eigenvalue weighted by molar-refractivity contribution is -0.120. The number of allylic oxidation sites excluding steroid dienone is 4. The number of imide groups is 1. The molecule has 1 aromatic heterocycles. The minimum Gasteiger partial charge on any atom is -0.381 e. The molecule has 0 spiro atoms. The van der Waals surface area contributed by atoms with Gasteiger partial charge < -0.3 is 24.8 Å². The van der Waals surface area contributed by atoms with E-state index in [2.05, 4.69) is 108 Å². The number of sulfonamides is 1. The molecule has 4 N–H and O–H groups in total. The molecular formula is C61H69ClIN11O6S2. The van der Waals surface area contributed by atoms with Crippen LogP contribution in [0.4, 0.5) is 27.7 Å². The van der Waals surface area contributed by atoms with Crippen molar-refractivity contribution in [2.75, 3.05) is 131 Å². The fourth-order valence-electron chi connectivity index (χ4n) is 11.8. The highest BCUT2D eigenvalue weighted by molar-refractivity contribution is 14.1. The summed E-state index contributed by atoms with van der Waals surface area (Å²) >= 11 is 10.9. The molecule has 0 unspecified atom stereocenters. The summed E-state index contributed by atoms with van der Waals surface area (Å²) in [6.07, 6.45) is 11.1. The van der Waals surface area contributed by atoms with Crippen molar-refractivity contribution >= 4 is 113 Å². The number of carbonyl (C=O) groups is 3. The number of ether oxygens (including phenoxy) is 1. The summed E-state index contributed by atoms with van der Waals surface area (Å²) in [4.78, 5) is 53.0. The number of hydrogen-bond acceptors (Lipinski definition) is 14. The Morgan fingerprint density at radius 1 is 0.829 bits per heavy atom. The maximum Gasteiger partial charge on any atom is 0.329 e. The minimum atomic E-state index is -4.14. The molecule has 4 fully saturated rings. The van der Waals surface area contributed by atoms with Crippen LogP contribution in [-0.2, 0) is 19.6 Å². The van der Waals surface area contributed by atoms with Gasteiger partial charge in [0.05, 0.1) is 17.0 Å². The molecule has 0 radical (unpaired) electrons. The van der Waals surface area contributed by atoms with Crippen LogP contribution in [0.3, 0.4) is 0 Å². The maximum atomic E-state index is 13.6. The molecule has 82 heavy (non-hydrogen) atoms. The first-order valence-corrected chi connectivity index (χ1v) is 32.3. The van der Waals surface area contributed by atoms with Crippen LogP contribution in [0.5, 0.6) is 0 Å². The molecule has 430 valence electrons. The number of hydrogen-bond donors (Lipinski definition) is 4. The minimum absolute atomic E-state index is 0.0151. The van der Waals surface area contributed by atoms with Gasteiger partial charge in [-0.1, -0.05) is 63.4 Å². The van der Waals surface area contributed by atoms with Crippen molar-refractivity contribution in [3.63, 3.8) is 0 Å². The summed E-state index contributed by atoms with van der Waals surface area (Å²) in [6, 6.07) is 28.0. The van der Waals surface area contributed by atoms with Gasteiger partial charge in [-0.25, -0.2) is 17.9 Å². The second kappa shape index (κ2) is 26.3. The Labute approximate surface area is 503 Å². The van der Waals surface area contributed by atoms with Gasteiger partial charge in [0.2, 0.25) is 5.91 Å². The molecule has 5 aromatic rings. The highest BCUT2D eigenvalue weighted by Gasteiger charge is 2.37. The average molecular weight is 1280 g/mol. The quantitative estimate of drug-likeness (QED) is 0.0350. The summed E-state index contributed by atoms with van der Waals surface area (Å²) in [5, 5.41) is 15.1. The Morgan fingerprint density at radius 2 is 1.57 bits per heavy atom. The van der Waals surface area contributed by atoms with Gasteiger partial charge in [-0.05, 0) is 134 Å². The van der Waals surface area contributed by atoms with Crippen LogP contribution in [0.15, 0.2) is 136 Å². The van der Waals surface area contributed by atoms with Gasteiger partial charge in [-0.3, -0.25) is 34.7 Å². The average Bonchev–Trinajstić information content (AvgIpc) is 3.97. The lowest BCUT2D eigenvalue weighted by Gasteiger charge is -2.43. The van der Waals surface area contributed by atoms with E-state index in [0.717, 1.165) is 174 Å². The first-order chi connectivity index (χ1) is 39.8. The molecular weight excluding hydrogens is 1210 g/mol. The predicted octanol–water partition coefficient (Wildman–Crippen LogP) is 8.93. The number of urea groups is 1. The molecule has 6 aliphatic rings. The van der Waals surface area contributed by atoms with Crippen LogP contribution in [-0.4, -0.2) is 171 Å². The van der Waals surface area contributed by atoms with Gasteiger partial charge in [0.1, 0.15) is 0 Å². The lowest BCUT2D eigenvalue weighted by atomic mass is 9.80. The zero-order chi connectivity index (χ0) is 56.6. The molecule has 2 aliphatic carbocycles. The van der Waals surface area contributed by atoms with E-state index in [4.69, 9.17) is 16.3 Å². The number of thioether (sulfide) groups is 1. The Bertz CT molecular complexity index is 3410. The van der Waals surface area contributed by atoms with E-state index in [-0.39, 0.29) is 32.3 Å². The fourth-order valence-corrected chi connectivity index (χ4v) is 15.0. The molecule has 11 rings (SSSR count). The van der Waals surface area contributed by atoms with Crippen molar-refractivity contribution in [1.29, 1.82) is 0 Å². The van der Waals surface area contributed by atoms with E-state index in [1.54, 1.807) is 48.2 Å². The SMILES string of the molecule is O=C1CCN(c2n[nH]c3ccc(N4CCN(C[C@]5(I)CCC(c6ccc(Cl)cc6)=C(CN6CCN(c7ccc(C(=O)NS(=O)(=O)c8ccc(N[C@H](CCN9CCCOCC9)CSC9=CC=C=C=C9)cc8)cc7)CC6)C5)CC4)cc23)C(=O)N1. The second-order valence-corrected chi connectivity index (χ2v) is 27.4. The monoisotopic (exact) mass is 1280 g/mol. The van der Waals surface area contributed by atoms with Crippen molar-refractivity contribution in [1.82, 2.24) is 34.9 Å². The predicted molar refractivity (Wildman–Crippen MR) is 336 cm³/mol. The number of aromatic amines is 1. The van der Waals surface area contributed by atoms with E-state index in [9.17, 15) is 22.8 Å². The second-order valence-electron chi connectivity index (χ2n) is 21.9. The highest BCUT2D eigenvalue weighted by Crippen LogP contribution is 2.44. The van der Waals surface area contributed by atoms with Crippen molar-refractivity contribution in [2.24, 2.45) is 0 Å². The van der Waals surface area contributed by atoms with Crippen LogP contribution < -0.4 is 30.1 Å². The first kappa shape index (κ1) is 57.9. The van der Waals surface area contributed by atoms with Gasteiger partial charge in [-0.15, -0.1) is 11.8 Å². The first-order valence-electron chi connectivity index (χ1n) is 28.3. The smallest absolute Gasteiger partial charge is 0.329 e. The number of aromatic nitrogens is 2. The van der Waals surface area contributed by atoms with Gasteiger partial charge in [0.15, 0.2) is 5.82 Å². The van der Waals surface area contributed by atoms with Crippen molar-refractivity contribution in [2.45, 2.75) is 52.9 Å². The number of nitrogens with zero attached hydrogens (tertiary/aromatic N) is 7. The lowest BCUT2D eigenvalue weighted by Crippen LogP contribution is -2.51. The fraction of sp³-hybridized carbons (Fsp3) is 0.410. The number of piperazine rings is 2. The van der Waals surface area contributed by atoms with Crippen LogP contribution in [0, 0.1) is 0 Å². The Balaban J connectivity index is 0.671.